The summed E-state index contributed by atoms with van der Waals surface area (Å²) in [6.07, 6.45) is 5.02. The summed E-state index contributed by atoms with van der Waals surface area (Å²) in [5.74, 6) is 1.92. The molecule has 0 fully saturated rings. The van der Waals surface area contributed by atoms with E-state index in [1.807, 2.05) is 26.0 Å². The fourth-order valence-electron chi connectivity index (χ4n) is 1.51. The maximum atomic E-state index is 11.5. The summed E-state index contributed by atoms with van der Waals surface area (Å²) in [5, 5.41) is 3.10. The van der Waals surface area contributed by atoms with Crippen LogP contribution in [0.5, 0.6) is 0 Å². The molecule has 1 aromatic carbocycles. The van der Waals surface area contributed by atoms with Crippen LogP contribution in [0.25, 0.3) is 0 Å². The molecule has 1 N–H and O–H groups in total. The van der Waals surface area contributed by atoms with Crippen LogP contribution in [0, 0.1) is 26.2 Å². The van der Waals surface area contributed by atoms with Gasteiger partial charge in [0.2, 0.25) is 0 Å². The highest BCUT2D eigenvalue weighted by molar-refractivity contribution is 5.79. The Labute approximate surface area is 102 Å². The number of nitrogens with one attached hydrogen (secondary N) is 1. The molecule has 0 aliphatic rings. The second kappa shape index (κ2) is 5.95. The summed E-state index contributed by atoms with van der Waals surface area (Å²) in [6, 6.07) is 5.59. The first-order valence-corrected chi connectivity index (χ1v) is 5.48. The molecule has 3 nitrogen and oxygen atoms in total. The maximum absolute atomic E-state index is 11.5. The van der Waals surface area contributed by atoms with E-state index < -0.39 is 6.04 Å². The molecule has 0 aromatic heterocycles. The Kier molecular flexibility index (Phi) is 4.59. The van der Waals surface area contributed by atoms with Crippen molar-refractivity contribution in [2.45, 2.75) is 26.8 Å². The minimum Gasteiger partial charge on any atom is -0.451 e. The molecule has 0 saturated heterocycles. The van der Waals surface area contributed by atoms with Crippen molar-refractivity contribution in [1.29, 1.82) is 0 Å². The summed E-state index contributed by atoms with van der Waals surface area (Å²) < 4.78 is 4.85. The largest absolute Gasteiger partial charge is 0.451 e. The van der Waals surface area contributed by atoms with Crippen LogP contribution in [0.15, 0.2) is 18.2 Å². The molecule has 17 heavy (non-hydrogen) atoms. The fraction of sp³-hybridized carbons (Fsp3) is 0.357. The van der Waals surface area contributed by atoms with Crippen LogP contribution in [0.3, 0.4) is 0 Å². The van der Waals surface area contributed by atoms with Gasteiger partial charge in [-0.2, -0.15) is 0 Å². The highest BCUT2D eigenvalue weighted by atomic mass is 16.5. The Hall–Kier alpha value is -1.95. The van der Waals surface area contributed by atoms with Gasteiger partial charge in [-0.3, -0.25) is 0 Å². The number of carbonyl (C=O) groups excluding carboxylic acids is 1. The Morgan fingerprint density at radius 1 is 1.53 bits per heavy atom. The van der Waals surface area contributed by atoms with E-state index in [0.29, 0.717) is 0 Å². The van der Waals surface area contributed by atoms with Crippen molar-refractivity contribution in [2.75, 3.05) is 11.9 Å². The molecule has 0 spiro atoms. The summed E-state index contributed by atoms with van der Waals surface area (Å²) in [5.41, 5.74) is 3.22. The zero-order chi connectivity index (χ0) is 12.8. The van der Waals surface area contributed by atoms with Gasteiger partial charge in [-0.15, -0.1) is 6.42 Å². The molecular formula is C14H17NO2. The number of anilines is 1. The molecule has 0 aliphatic carbocycles. The van der Waals surface area contributed by atoms with Crippen molar-refractivity contribution in [1.82, 2.24) is 0 Å². The molecule has 0 saturated carbocycles. The van der Waals surface area contributed by atoms with Gasteiger partial charge in [-0.25, -0.2) is 4.79 Å². The lowest BCUT2D eigenvalue weighted by Gasteiger charge is -2.15. The van der Waals surface area contributed by atoms with Gasteiger partial charge >= 0.3 is 5.97 Å². The fourth-order valence-corrected chi connectivity index (χ4v) is 1.51. The minimum absolute atomic E-state index is 0.0116. The van der Waals surface area contributed by atoms with Crippen molar-refractivity contribution in [3.8, 4) is 12.3 Å². The Bertz CT molecular complexity index is 446. The highest BCUT2D eigenvalue weighted by Gasteiger charge is 2.14. The van der Waals surface area contributed by atoms with Crippen molar-refractivity contribution >= 4 is 11.7 Å². The van der Waals surface area contributed by atoms with E-state index in [0.717, 1.165) is 11.3 Å². The smallest absolute Gasteiger partial charge is 0.329 e. The van der Waals surface area contributed by atoms with Crippen molar-refractivity contribution < 1.29 is 9.53 Å². The first-order valence-electron chi connectivity index (χ1n) is 5.48. The second-order valence-electron chi connectivity index (χ2n) is 4.00. The minimum atomic E-state index is -0.412. The zero-order valence-electron chi connectivity index (χ0n) is 10.4. The van der Waals surface area contributed by atoms with E-state index in [1.165, 1.54) is 5.56 Å². The Morgan fingerprint density at radius 3 is 2.82 bits per heavy atom. The van der Waals surface area contributed by atoms with E-state index in [4.69, 9.17) is 11.2 Å². The quantitative estimate of drug-likeness (QED) is 0.638. The van der Waals surface area contributed by atoms with Gasteiger partial charge in [-0.1, -0.05) is 23.6 Å². The molecule has 0 unspecified atom stereocenters. The first-order chi connectivity index (χ1) is 8.04. The van der Waals surface area contributed by atoms with Gasteiger partial charge < -0.3 is 10.1 Å². The Morgan fingerprint density at radius 2 is 2.24 bits per heavy atom. The topological polar surface area (TPSA) is 38.3 Å². The van der Waals surface area contributed by atoms with Crippen LogP contribution < -0.4 is 5.32 Å². The van der Waals surface area contributed by atoms with Gasteiger partial charge in [0.25, 0.3) is 0 Å². The molecule has 0 heterocycles. The van der Waals surface area contributed by atoms with Crippen LogP contribution in [0.4, 0.5) is 5.69 Å². The van der Waals surface area contributed by atoms with E-state index >= 15 is 0 Å². The summed E-state index contributed by atoms with van der Waals surface area (Å²) >= 11 is 0. The number of ether oxygens (including phenoxy) is 1. The number of rotatable bonds is 4. The lowest BCUT2D eigenvalue weighted by molar-refractivity contribution is -0.142. The molecule has 0 aliphatic heterocycles. The third kappa shape index (κ3) is 3.84. The zero-order valence-corrected chi connectivity index (χ0v) is 10.4. The van der Waals surface area contributed by atoms with Crippen LogP contribution in [-0.2, 0) is 9.53 Å². The molecule has 0 radical (unpaired) electrons. The monoisotopic (exact) mass is 231 g/mol. The number of carbonyl (C=O) groups is 1. The van der Waals surface area contributed by atoms with E-state index in [-0.39, 0.29) is 12.6 Å². The van der Waals surface area contributed by atoms with Crippen molar-refractivity contribution in [3.05, 3.63) is 29.3 Å². The van der Waals surface area contributed by atoms with Gasteiger partial charge in [0.1, 0.15) is 6.04 Å². The van der Waals surface area contributed by atoms with Crippen molar-refractivity contribution in [3.63, 3.8) is 0 Å². The van der Waals surface area contributed by atoms with Crippen LogP contribution in [-0.4, -0.2) is 18.6 Å². The number of hydrogen-bond acceptors (Lipinski definition) is 3. The van der Waals surface area contributed by atoms with Gasteiger partial charge in [0.05, 0.1) is 0 Å². The number of benzene rings is 1. The third-order valence-corrected chi connectivity index (χ3v) is 2.41. The average molecular weight is 231 g/mol. The Balaban J connectivity index is 2.65. The van der Waals surface area contributed by atoms with Crippen molar-refractivity contribution in [2.24, 2.45) is 0 Å². The lowest BCUT2D eigenvalue weighted by atomic mass is 10.1. The predicted molar refractivity (Wildman–Crippen MR) is 68.8 cm³/mol. The van der Waals surface area contributed by atoms with E-state index in [2.05, 4.69) is 17.3 Å². The lowest BCUT2D eigenvalue weighted by Crippen LogP contribution is -2.28. The standard InChI is InChI=1S/C14H17NO2/c1-5-8-17-14(16)12(4)15-13-7-6-10(2)9-11(13)3/h1,6-7,9,12,15H,8H2,2-4H3/t12-/m0/s1. The van der Waals surface area contributed by atoms with Crippen LogP contribution >= 0.6 is 0 Å². The first kappa shape index (κ1) is 13.1. The van der Waals surface area contributed by atoms with Gasteiger partial charge in [-0.05, 0) is 32.4 Å². The third-order valence-electron chi connectivity index (χ3n) is 2.41. The number of terminal acetylenes is 1. The number of aryl methyl sites for hydroxylation is 2. The van der Waals surface area contributed by atoms with Gasteiger partial charge in [0, 0.05) is 5.69 Å². The summed E-state index contributed by atoms with van der Waals surface area (Å²) in [6.45, 7) is 5.78. The molecule has 90 valence electrons. The molecule has 1 rings (SSSR count). The molecule has 3 heteroatoms. The number of hydrogen-bond donors (Lipinski definition) is 1. The number of esters is 1. The van der Waals surface area contributed by atoms with E-state index in [1.54, 1.807) is 6.92 Å². The normalized spacial score (nSPS) is 11.4. The average Bonchev–Trinajstić information content (AvgIpc) is 2.29. The molecule has 1 atom stereocenters. The molecule has 1 aromatic rings. The van der Waals surface area contributed by atoms with E-state index in [9.17, 15) is 4.79 Å². The molecule has 0 amide bonds. The molecular weight excluding hydrogens is 214 g/mol. The second-order valence-corrected chi connectivity index (χ2v) is 4.00. The van der Waals surface area contributed by atoms with Gasteiger partial charge in [0.15, 0.2) is 6.61 Å². The predicted octanol–water partition coefficient (Wildman–Crippen LogP) is 2.28. The SMILES string of the molecule is C#CCOC(=O)[C@H](C)Nc1ccc(C)cc1C. The maximum Gasteiger partial charge on any atom is 0.329 e. The summed E-state index contributed by atoms with van der Waals surface area (Å²) in [4.78, 5) is 11.5. The van der Waals surface area contributed by atoms with Crippen LogP contribution in [0.1, 0.15) is 18.1 Å². The summed E-state index contributed by atoms with van der Waals surface area (Å²) in [7, 11) is 0. The highest BCUT2D eigenvalue weighted by Crippen LogP contribution is 2.17. The van der Waals surface area contributed by atoms with Crippen LogP contribution in [0.2, 0.25) is 0 Å². The molecule has 0 bridgehead atoms.